The number of rotatable bonds is 5. The van der Waals surface area contributed by atoms with Crippen LogP contribution in [0.1, 0.15) is 35.6 Å². The summed E-state index contributed by atoms with van der Waals surface area (Å²) in [6.07, 6.45) is 1.75. The first-order valence-electron chi connectivity index (χ1n) is 10.6. The molecular weight excluding hydrogens is 374 g/mol. The minimum Gasteiger partial charge on any atom is -0.326 e. The second kappa shape index (κ2) is 8.79. The number of piperidine rings is 1. The molecule has 0 unspecified atom stereocenters. The molecule has 0 aliphatic carbocycles. The molecule has 0 saturated carbocycles. The molecule has 1 fully saturated rings. The van der Waals surface area contributed by atoms with E-state index in [0.29, 0.717) is 0 Å². The third-order valence-electron chi connectivity index (χ3n) is 5.68. The average molecular weight is 404 g/mol. The van der Waals surface area contributed by atoms with E-state index in [1.807, 2.05) is 55.8 Å². The molecule has 156 valence electrons. The molecule has 1 aromatic carbocycles. The summed E-state index contributed by atoms with van der Waals surface area (Å²) in [5.41, 5.74) is 6.06. The lowest BCUT2D eigenvalue weighted by atomic mass is 9.95. The Balaban J connectivity index is 1.30. The maximum absolute atomic E-state index is 12.7. The van der Waals surface area contributed by atoms with Crippen LogP contribution in [0.5, 0.6) is 0 Å². The topological polar surface area (TPSA) is 63.1 Å². The van der Waals surface area contributed by atoms with Crippen LogP contribution in [0.15, 0.2) is 48.5 Å². The highest BCUT2D eigenvalue weighted by Crippen LogP contribution is 2.22. The van der Waals surface area contributed by atoms with Gasteiger partial charge in [-0.2, -0.15) is 5.10 Å². The molecule has 1 aliphatic heterocycles. The van der Waals surface area contributed by atoms with Gasteiger partial charge in [-0.1, -0.05) is 6.07 Å². The summed E-state index contributed by atoms with van der Waals surface area (Å²) in [5.74, 6) is 0.171. The molecule has 1 aliphatic rings. The number of aromatic nitrogens is 3. The van der Waals surface area contributed by atoms with Crippen molar-refractivity contribution >= 4 is 11.6 Å². The maximum atomic E-state index is 12.7. The number of carbonyl (C=O) groups excluding carboxylic acids is 1. The zero-order valence-corrected chi connectivity index (χ0v) is 17.9. The highest BCUT2D eigenvalue weighted by atomic mass is 16.1. The minimum absolute atomic E-state index is 0.0578. The Hall–Kier alpha value is -2.99. The first-order valence-corrected chi connectivity index (χ1v) is 10.6. The van der Waals surface area contributed by atoms with E-state index in [4.69, 9.17) is 0 Å². The van der Waals surface area contributed by atoms with E-state index < -0.39 is 0 Å². The molecule has 1 saturated heterocycles. The lowest BCUT2D eigenvalue weighted by molar-refractivity contribution is -0.121. The first-order chi connectivity index (χ1) is 14.5. The molecular formula is C24H29N5O. The second-order valence-electron chi connectivity index (χ2n) is 8.20. The number of benzene rings is 1. The number of nitrogens with one attached hydrogen (secondary N) is 1. The fourth-order valence-electron chi connectivity index (χ4n) is 4.09. The molecule has 2 aromatic heterocycles. The van der Waals surface area contributed by atoms with Gasteiger partial charge in [-0.15, -0.1) is 0 Å². The van der Waals surface area contributed by atoms with Crippen molar-refractivity contribution in [3.63, 3.8) is 0 Å². The number of hydrogen-bond donors (Lipinski definition) is 1. The van der Waals surface area contributed by atoms with Crippen molar-refractivity contribution in [2.45, 2.75) is 40.2 Å². The fourth-order valence-corrected chi connectivity index (χ4v) is 4.09. The summed E-state index contributed by atoms with van der Waals surface area (Å²) < 4.78 is 1.92. The summed E-state index contributed by atoms with van der Waals surface area (Å²) in [5, 5.41) is 7.59. The lowest BCUT2D eigenvalue weighted by Gasteiger charge is -2.31. The molecule has 30 heavy (non-hydrogen) atoms. The van der Waals surface area contributed by atoms with Crippen LogP contribution in [-0.2, 0) is 11.3 Å². The lowest BCUT2D eigenvalue weighted by Crippen LogP contribution is -2.37. The van der Waals surface area contributed by atoms with Gasteiger partial charge in [-0.3, -0.25) is 14.7 Å². The molecule has 4 rings (SSSR count). The number of aryl methyl sites for hydroxylation is 3. The molecule has 0 atom stereocenters. The Bertz CT molecular complexity index is 1020. The summed E-state index contributed by atoms with van der Waals surface area (Å²) in [6.45, 7) is 8.74. The van der Waals surface area contributed by atoms with Crippen molar-refractivity contribution in [3.8, 4) is 5.69 Å². The van der Waals surface area contributed by atoms with Gasteiger partial charge in [0.1, 0.15) is 0 Å². The van der Waals surface area contributed by atoms with Crippen LogP contribution in [0.2, 0.25) is 0 Å². The maximum Gasteiger partial charge on any atom is 0.227 e. The van der Waals surface area contributed by atoms with Crippen molar-refractivity contribution in [2.75, 3.05) is 18.4 Å². The van der Waals surface area contributed by atoms with Crippen LogP contribution in [0.4, 0.5) is 5.69 Å². The fraction of sp³-hybridized carbons (Fsp3) is 0.375. The first kappa shape index (κ1) is 20.3. The van der Waals surface area contributed by atoms with Crippen molar-refractivity contribution in [1.29, 1.82) is 0 Å². The van der Waals surface area contributed by atoms with Crippen LogP contribution in [0, 0.1) is 26.7 Å². The SMILES string of the molecule is Cc1cccc(CN2CCC(C(=O)Nc3ccc(-n4nc(C)cc4C)cc3)CC2)n1. The number of amides is 1. The molecule has 1 amide bonds. The molecule has 0 bridgehead atoms. The molecule has 6 nitrogen and oxygen atoms in total. The highest BCUT2D eigenvalue weighted by molar-refractivity contribution is 5.92. The van der Waals surface area contributed by atoms with Crippen molar-refractivity contribution in [3.05, 3.63) is 71.3 Å². The number of likely N-dealkylation sites (tertiary alicyclic amines) is 1. The molecule has 0 radical (unpaired) electrons. The van der Waals surface area contributed by atoms with E-state index in [2.05, 4.69) is 38.5 Å². The van der Waals surface area contributed by atoms with E-state index in [1.165, 1.54) is 0 Å². The predicted molar refractivity (Wildman–Crippen MR) is 119 cm³/mol. The van der Waals surface area contributed by atoms with Gasteiger partial charge in [0, 0.05) is 29.5 Å². The van der Waals surface area contributed by atoms with Crippen LogP contribution >= 0.6 is 0 Å². The zero-order chi connectivity index (χ0) is 21.1. The van der Waals surface area contributed by atoms with E-state index in [-0.39, 0.29) is 11.8 Å². The number of pyridine rings is 1. The number of hydrogen-bond acceptors (Lipinski definition) is 4. The van der Waals surface area contributed by atoms with Crippen LogP contribution in [-0.4, -0.2) is 38.7 Å². The quantitative estimate of drug-likeness (QED) is 0.698. The van der Waals surface area contributed by atoms with E-state index in [9.17, 15) is 4.79 Å². The highest BCUT2D eigenvalue weighted by Gasteiger charge is 2.25. The Morgan fingerprint density at radius 1 is 1.03 bits per heavy atom. The Labute approximate surface area is 177 Å². The smallest absolute Gasteiger partial charge is 0.227 e. The Morgan fingerprint density at radius 3 is 2.40 bits per heavy atom. The summed E-state index contributed by atoms with van der Waals surface area (Å²) in [7, 11) is 0. The normalized spacial score (nSPS) is 15.3. The summed E-state index contributed by atoms with van der Waals surface area (Å²) >= 11 is 0. The van der Waals surface area contributed by atoms with E-state index >= 15 is 0 Å². The third-order valence-corrected chi connectivity index (χ3v) is 5.68. The van der Waals surface area contributed by atoms with Crippen LogP contribution in [0.25, 0.3) is 5.69 Å². The monoisotopic (exact) mass is 403 g/mol. The molecule has 3 heterocycles. The van der Waals surface area contributed by atoms with Gasteiger partial charge in [-0.05, 0) is 89.2 Å². The van der Waals surface area contributed by atoms with E-state index in [1.54, 1.807) is 0 Å². The van der Waals surface area contributed by atoms with Crippen molar-refractivity contribution in [1.82, 2.24) is 19.7 Å². The zero-order valence-electron chi connectivity index (χ0n) is 17.9. The predicted octanol–water partition coefficient (Wildman–Crippen LogP) is 4.04. The summed E-state index contributed by atoms with van der Waals surface area (Å²) in [4.78, 5) is 19.7. The molecule has 1 N–H and O–H groups in total. The molecule has 0 spiro atoms. The van der Waals surface area contributed by atoms with Crippen molar-refractivity contribution < 1.29 is 4.79 Å². The van der Waals surface area contributed by atoms with E-state index in [0.717, 1.165) is 66.6 Å². The van der Waals surface area contributed by atoms with Gasteiger partial charge in [0.25, 0.3) is 0 Å². The second-order valence-corrected chi connectivity index (χ2v) is 8.20. The van der Waals surface area contributed by atoms with Gasteiger partial charge >= 0.3 is 0 Å². The number of nitrogens with zero attached hydrogens (tertiary/aromatic N) is 4. The van der Waals surface area contributed by atoms with Gasteiger partial charge in [0.2, 0.25) is 5.91 Å². The van der Waals surface area contributed by atoms with Gasteiger partial charge in [0.05, 0.1) is 17.1 Å². The van der Waals surface area contributed by atoms with Gasteiger partial charge < -0.3 is 5.32 Å². The number of anilines is 1. The third kappa shape index (κ3) is 4.76. The number of carbonyl (C=O) groups is 1. The Morgan fingerprint density at radius 2 is 1.77 bits per heavy atom. The van der Waals surface area contributed by atoms with Crippen LogP contribution in [0.3, 0.4) is 0 Å². The average Bonchev–Trinajstić information content (AvgIpc) is 3.07. The molecule has 6 heteroatoms. The van der Waals surface area contributed by atoms with Crippen molar-refractivity contribution in [2.24, 2.45) is 5.92 Å². The largest absolute Gasteiger partial charge is 0.326 e. The van der Waals surface area contributed by atoms with Crippen LogP contribution < -0.4 is 5.32 Å². The summed E-state index contributed by atoms with van der Waals surface area (Å²) in [6, 6.07) is 16.1. The van der Waals surface area contributed by atoms with Gasteiger partial charge in [-0.25, -0.2) is 4.68 Å². The molecule has 3 aromatic rings. The minimum atomic E-state index is 0.0578. The van der Waals surface area contributed by atoms with Gasteiger partial charge in [0.15, 0.2) is 0 Å². The Kier molecular flexibility index (Phi) is 5.95. The standard InChI is InChI=1S/C24H29N5O/c1-17-5-4-6-22(25-17)16-28-13-11-20(12-14-28)24(30)26-21-7-9-23(10-8-21)29-19(3)15-18(2)27-29/h4-10,15,20H,11-14,16H2,1-3H3,(H,26,30).